The Balaban J connectivity index is 3.87. The molecule has 0 aromatic rings. The molecule has 0 aromatic carbocycles. The molecule has 0 spiro atoms. The first-order valence-corrected chi connectivity index (χ1v) is 4.67. The highest BCUT2D eigenvalue weighted by Crippen LogP contribution is 2.12. The minimum absolute atomic E-state index is 0.155. The van der Waals surface area contributed by atoms with Gasteiger partial charge in [-0.15, -0.1) is 0 Å². The van der Waals surface area contributed by atoms with Gasteiger partial charge in [-0.25, -0.2) is 0 Å². The monoisotopic (exact) mass is 192 g/mol. The summed E-state index contributed by atoms with van der Waals surface area (Å²) in [6, 6.07) is 0. The lowest BCUT2D eigenvalue weighted by Crippen LogP contribution is -2.36. The van der Waals surface area contributed by atoms with Crippen LogP contribution in [0.1, 0.15) is 26.7 Å². The molecular formula is C9H20O4. The highest BCUT2D eigenvalue weighted by Gasteiger charge is 2.23. The molecule has 4 atom stereocenters. The molecule has 0 saturated heterocycles. The van der Waals surface area contributed by atoms with Crippen LogP contribution in [-0.4, -0.2) is 45.3 Å². The van der Waals surface area contributed by atoms with Gasteiger partial charge in [0.1, 0.15) is 0 Å². The first-order chi connectivity index (χ1) is 6.02. The first kappa shape index (κ1) is 12.8. The van der Waals surface area contributed by atoms with Crippen molar-refractivity contribution in [2.75, 3.05) is 6.61 Å². The maximum Gasteiger partial charge on any atom is 0.0847 e. The van der Waals surface area contributed by atoms with E-state index in [9.17, 15) is 15.3 Å². The lowest BCUT2D eigenvalue weighted by atomic mass is 9.96. The normalized spacial score (nSPS) is 20.8. The summed E-state index contributed by atoms with van der Waals surface area (Å²) in [6.45, 7) is 3.28. The van der Waals surface area contributed by atoms with Crippen molar-refractivity contribution in [2.24, 2.45) is 5.92 Å². The maximum absolute atomic E-state index is 9.41. The molecule has 0 rings (SSSR count). The molecule has 0 radical (unpaired) electrons. The van der Waals surface area contributed by atoms with Crippen molar-refractivity contribution in [1.82, 2.24) is 0 Å². The van der Waals surface area contributed by atoms with Crippen LogP contribution in [-0.2, 0) is 0 Å². The van der Waals surface area contributed by atoms with Crippen molar-refractivity contribution in [2.45, 2.75) is 45.0 Å². The number of aliphatic hydroxyl groups excluding tert-OH is 4. The van der Waals surface area contributed by atoms with Gasteiger partial charge in [-0.05, 0) is 6.42 Å². The van der Waals surface area contributed by atoms with E-state index in [0.29, 0.717) is 6.42 Å². The number of rotatable bonds is 6. The number of aliphatic hydroxyl groups is 4. The van der Waals surface area contributed by atoms with Crippen LogP contribution in [0.15, 0.2) is 0 Å². The van der Waals surface area contributed by atoms with Gasteiger partial charge < -0.3 is 20.4 Å². The van der Waals surface area contributed by atoms with Gasteiger partial charge in [0.2, 0.25) is 0 Å². The molecule has 0 bridgehead atoms. The summed E-state index contributed by atoms with van der Waals surface area (Å²) >= 11 is 0. The molecule has 80 valence electrons. The minimum Gasteiger partial charge on any atom is -0.396 e. The second kappa shape index (κ2) is 6.32. The average Bonchev–Trinajstić information content (AvgIpc) is 2.14. The molecule has 4 unspecified atom stereocenters. The van der Waals surface area contributed by atoms with E-state index in [4.69, 9.17) is 5.11 Å². The zero-order chi connectivity index (χ0) is 10.4. The van der Waals surface area contributed by atoms with Crippen LogP contribution in [0.3, 0.4) is 0 Å². The van der Waals surface area contributed by atoms with Crippen LogP contribution in [0.25, 0.3) is 0 Å². The van der Waals surface area contributed by atoms with Gasteiger partial charge in [-0.3, -0.25) is 0 Å². The van der Waals surface area contributed by atoms with E-state index in [1.165, 1.54) is 0 Å². The Labute approximate surface area is 78.8 Å². The lowest BCUT2D eigenvalue weighted by molar-refractivity contribution is -0.0474. The summed E-state index contributed by atoms with van der Waals surface area (Å²) < 4.78 is 0. The van der Waals surface area contributed by atoms with Crippen molar-refractivity contribution in [3.63, 3.8) is 0 Å². The van der Waals surface area contributed by atoms with Crippen molar-refractivity contribution in [3.8, 4) is 0 Å². The van der Waals surface area contributed by atoms with Crippen LogP contribution in [0.4, 0.5) is 0 Å². The Kier molecular flexibility index (Phi) is 6.24. The first-order valence-electron chi connectivity index (χ1n) is 4.67. The van der Waals surface area contributed by atoms with E-state index in [1.54, 1.807) is 13.8 Å². The van der Waals surface area contributed by atoms with Crippen LogP contribution in [0.5, 0.6) is 0 Å². The van der Waals surface area contributed by atoms with Crippen molar-refractivity contribution in [1.29, 1.82) is 0 Å². The Morgan fingerprint density at radius 3 is 2.08 bits per heavy atom. The molecule has 0 aliphatic heterocycles. The van der Waals surface area contributed by atoms with Gasteiger partial charge in [0.05, 0.1) is 18.3 Å². The van der Waals surface area contributed by atoms with Crippen LogP contribution in [0, 0.1) is 5.92 Å². The molecule has 0 fully saturated rings. The molecule has 0 heterocycles. The summed E-state index contributed by atoms with van der Waals surface area (Å²) in [7, 11) is 0. The molecule has 4 N–H and O–H groups in total. The third-order valence-electron chi connectivity index (χ3n) is 2.25. The van der Waals surface area contributed by atoms with Gasteiger partial charge in [-0.1, -0.05) is 13.8 Å². The topological polar surface area (TPSA) is 80.9 Å². The van der Waals surface area contributed by atoms with E-state index in [0.717, 1.165) is 0 Å². The molecule has 13 heavy (non-hydrogen) atoms. The second-order valence-electron chi connectivity index (χ2n) is 3.52. The van der Waals surface area contributed by atoms with Gasteiger partial charge in [0.15, 0.2) is 0 Å². The van der Waals surface area contributed by atoms with Crippen molar-refractivity contribution >= 4 is 0 Å². The van der Waals surface area contributed by atoms with E-state index in [2.05, 4.69) is 0 Å². The Bertz CT molecular complexity index is 129. The number of hydrogen-bond donors (Lipinski definition) is 4. The summed E-state index contributed by atoms with van der Waals surface area (Å²) in [5.74, 6) is -0.362. The third-order valence-corrected chi connectivity index (χ3v) is 2.25. The van der Waals surface area contributed by atoms with Crippen LogP contribution in [0.2, 0.25) is 0 Å². The zero-order valence-electron chi connectivity index (χ0n) is 8.22. The fourth-order valence-electron chi connectivity index (χ4n) is 1.07. The summed E-state index contributed by atoms with van der Waals surface area (Å²) in [4.78, 5) is 0. The lowest BCUT2D eigenvalue weighted by Gasteiger charge is -2.23. The van der Waals surface area contributed by atoms with Gasteiger partial charge in [0, 0.05) is 18.9 Å². The van der Waals surface area contributed by atoms with Gasteiger partial charge >= 0.3 is 0 Å². The molecule has 0 amide bonds. The molecule has 0 aromatic heterocycles. The minimum atomic E-state index is -0.966. The Morgan fingerprint density at radius 1 is 1.15 bits per heavy atom. The van der Waals surface area contributed by atoms with Crippen LogP contribution >= 0.6 is 0 Å². The van der Waals surface area contributed by atoms with E-state index in [-0.39, 0.29) is 18.9 Å². The zero-order valence-corrected chi connectivity index (χ0v) is 8.22. The second-order valence-corrected chi connectivity index (χ2v) is 3.52. The van der Waals surface area contributed by atoms with Crippen molar-refractivity contribution < 1.29 is 20.4 Å². The van der Waals surface area contributed by atoms with E-state index in [1.807, 2.05) is 0 Å². The molecule has 0 aliphatic carbocycles. The quantitative estimate of drug-likeness (QED) is 0.457. The summed E-state index contributed by atoms with van der Waals surface area (Å²) in [5.41, 5.74) is 0. The standard InChI is InChI=1S/C9H20O4/c1-3-7(11)4-8(12)9(13)6(2)5-10/h6-13H,3-5H2,1-2H3. The number of hydrogen-bond acceptors (Lipinski definition) is 4. The molecular weight excluding hydrogens is 172 g/mol. The largest absolute Gasteiger partial charge is 0.396 e. The average molecular weight is 192 g/mol. The molecule has 4 nitrogen and oxygen atoms in total. The van der Waals surface area contributed by atoms with Crippen LogP contribution < -0.4 is 0 Å². The van der Waals surface area contributed by atoms with E-state index < -0.39 is 18.3 Å². The molecule has 0 saturated carbocycles. The van der Waals surface area contributed by atoms with E-state index >= 15 is 0 Å². The predicted octanol–water partition coefficient (Wildman–Crippen LogP) is -0.502. The summed E-state index contributed by atoms with van der Waals surface area (Å²) in [6.07, 6.45) is -1.81. The predicted molar refractivity (Wildman–Crippen MR) is 49.2 cm³/mol. The van der Waals surface area contributed by atoms with Crippen molar-refractivity contribution in [3.05, 3.63) is 0 Å². The van der Waals surface area contributed by atoms with Gasteiger partial charge in [0.25, 0.3) is 0 Å². The fraction of sp³-hybridized carbons (Fsp3) is 1.00. The Morgan fingerprint density at radius 2 is 1.69 bits per heavy atom. The highest BCUT2D eigenvalue weighted by molar-refractivity contribution is 4.74. The van der Waals surface area contributed by atoms with Gasteiger partial charge in [-0.2, -0.15) is 0 Å². The highest BCUT2D eigenvalue weighted by atomic mass is 16.3. The fourth-order valence-corrected chi connectivity index (χ4v) is 1.07. The SMILES string of the molecule is CCC(O)CC(O)C(O)C(C)CO. The third kappa shape index (κ3) is 4.57. The Hall–Kier alpha value is -0.160. The molecule has 4 heteroatoms. The smallest absolute Gasteiger partial charge is 0.0847 e. The summed E-state index contributed by atoms with van der Waals surface area (Å²) in [5, 5.41) is 36.7. The maximum atomic E-state index is 9.41. The molecule has 0 aliphatic rings.